The SMILES string of the molecule is COc1ccc(CCNCCC(=O)Nc2ccccc2C#N)cc1. The molecule has 0 aromatic heterocycles. The number of benzene rings is 2. The molecule has 0 saturated heterocycles. The summed E-state index contributed by atoms with van der Waals surface area (Å²) in [4.78, 5) is 11.9. The van der Waals surface area contributed by atoms with Gasteiger partial charge in [-0.15, -0.1) is 0 Å². The first kappa shape index (κ1) is 17.5. The van der Waals surface area contributed by atoms with E-state index >= 15 is 0 Å². The zero-order valence-corrected chi connectivity index (χ0v) is 13.7. The lowest BCUT2D eigenvalue weighted by atomic mass is 10.1. The Hall–Kier alpha value is -2.84. The maximum atomic E-state index is 11.9. The monoisotopic (exact) mass is 323 g/mol. The molecule has 2 aromatic carbocycles. The molecule has 0 saturated carbocycles. The summed E-state index contributed by atoms with van der Waals surface area (Å²) in [5.41, 5.74) is 2.25. The summed E-state index contributed by atoms with van der Waals surface area (Å²) in [5.74, 6) is 0.746. The van der Waals surface area contributed by atoms with E-state index in [1.165, 1.54) is 5.56 Å². The van der Waals surface area contributed by atoms with Crippen LogP contribution in [0.5, 0.6) is 5.75 Å². The standard InChI is InChI=1S/C19H21N3O2/c1-24-17-8-6-15(7-9-17)10-12-21-13-11-19(23)22-18-5-3-2-4-16(18)14-20/h2-9,21H,10-13H2,1H3,(H,22,23). The Morgan fingerprint density at radius 1 is 1.12 bits per heavy atom. The Labute approximate surface area is 142 Å². The summed E-state index contributed by atoms with van der Waals surface area (Å²) in [6, 6.07) is 17.0. The molecule has 2 rings (SSSR count). The fraction of sp³-hybridized carbons (Fsp3) is 0.263. The van der Waals surface area contributed by atoms with Crippen LogP contribution in [0.1, 0.15) is 17.5 Å². The number of nitrogens with one attached hydrogen (secondary N) is 2. The molecule has 2 aromatic rings. The van der Waals surface area contributed by atoms with Crippen molar-refractivity contribution in [2.75, 3.05) is 25.5 Å². The Balaban J connectivity index is 1.66. The zero-order valence-electron chi connectivity index (χ0n) is 13.7. The largest absolute Gasteiger partial charge is 0.497 e. The summed E-state index contributed by atoms with van der Waals surface area (Å²) in [6.07, 6.45) is 1.26. The molecule has 2 N–H and O–H groups in total. The third-order valence-corrected chi connectivity index (χ3v) is 3.60. The number of amides is 1. The molecule has 0 aliphatic rings. The van der Waals surface area contributed by atoms with Gasteiger partial charge in [0.15, 0.2) is 0 Å². The minimum Gasteiger partial charge on any atom is -0.497 e. The predicted molar refractivity (Wildman–Crippen MR) is 94.0 cm³/mol. The predicted octanol–water partition coefficient (Wildman–Crippen LogP) is 2.73. The lowest BCUT2D eigenvalue weighted by Gasteiger charge is -2.08. The van der Waals surface area contributed by atoms with Crippen LogP contribution >= 0.6 is 0 Å². The second-order valence-corrected chi connectivity index (χ2v) is 5.30. The van der Waals surface area contributed by atoms with Crippen molar-refractivity contribution in [3.8, 4) is 11.8 Å². The number of methoxy groups -OCH3 is 1. The van der Waals surface area contributed by atoms with E-state index in [-0.39, 0.29) is 5.91 Å². The number of anilines is 1. The van der Waals surface area contributed by atoms with E-state index in [0.717, 1.165) is 18.7 Å². The Morgan fingerprint density at radius 2 is 1.88 bits per heavy atom. The molecule has 0 fully saturated rings. The summed E-state index contributed by atoms with van der Waals surface area (Å²) < 4.78 is 5.12. The van der Waals surface area contributed by atoms with Crippen molar-refractivity contribution in [3.05, 3.63) is 59.7 Å². The summed E-state index contributed by atoms with van der Waals surface area (Å²) in [5, 5.41) is 15.0. The maximum absolute atomic E-state index is 11.9. The van der Waals surface area contributed by atoms with Crippen molar-refractivity contribution >= 4 is 11.6 Å². The van der Waals surface area contributed by atoms with E-state index < -0.39 is 0 Å². The fourth-order valence-corrected chi connectivity index (χ4v) is 2.25. The highest BCUT2D eigenvalue weighted by Crippen LogP contribution is 2.13. The zero-order chi connectivity index (χ0) is 17.2. The van der Waals surface area contributed by atoms with Gasteiger partial charge in [-0.2, -0.15) is 5.26 Å². The molecule has 0 atom stereocenters. The van der Waals surface area contributed by atoms with Crippen LogP contribution in [0.4, 0.5) is 5.69 Å². The number of nitriles is 1. The summed E-state index contributed by atoms with van der Waals surface area (Å²) >= 11 is 0. The second kappa shape index (κ2) is 9.33. The number of carbonyl (C=O) groups is 1. The third kappa shape index (κ3) is 5.41. The number of rotatable bonds is 8. The molecule has 0 unspecified atom stereocenters. The van der Waals surface area contributed by atoms with E-state index in [4.69, 9.17) is 10.00 Å². The number of ether oxygens (including phenoxy) is 1. The van der Waals surface area contributed by atoms with Gasteiger partial charge in [0, 0.05) is 13.0 Å². The number of nitrogens with zero attached hydrogens (tertiary/aromatic N) is 1. The molecule has 1 amide bonds. The summed E-state index contributed by atoms with van der Waals surface area (Å²) in [6.45, 7) is 1.39. The minimum absolute atomic E-state index is 0.102. The summed E-state index contributed by atoms with van der Waals surface area (Å²) in [7, 11) is 1.65. The van der Waals surface area contributed by atoms with E-state index in [1.807, 2.05) is 24.3 Å². The van der Waals surface area contributed by atoms with Crippen molar-refractivity contribution < 1.29 is 9.53 Å². The van der Waals surface area contributed by atoms with Crippen LogP contribution in [0.3, 0.4) is 0 Å². The van der Waals surface area contributed by atoms with Gasteiger partial charge in [0.25, 0.3) is 0 Å². The Kier molecular flexibility index (Phi) is 6.81. The highest BCUT2D eigenvalue weighted by Gasteiger charge is 2.05. The number of hydrogen-bond acceptors (Lipinski definition) is 4. The first-order valence-corrected chi connectivity index (χ1v) is 7.85. The van der Waals surface area contributed by atoms with Gasteiger partial charge in [-0.3, -0.25) is 4.79 Å². The smallest absolute Gasteiger partial charge is 0.225 e. The molecule has 124 valence electrons. The van der Waals surface area contributed by atoms with Gasteiger partial charge in [0.1, 0.15) is 11.8 Å². The van der Waals surface area contributed by atoms with E-state index in [1.54, 1.807) is 31.4 Å². The number of hydrogen-bond donors (Lipinski definition) is 2. The molecule has 0 spiro atoms. The molecule has 5 nitrogen and oxygen atoms in total. The molecular weight excluding hydrogens is 302 g/mol. The van der Waals surface area contributed by atoms with E-state index in [2.05, 4.69) is 16.7 Å². The third-order valence-electron chi connectivity index (χ3n) is 3.60. The van der Waals surface area contributed by atoms with Crippen LogP contribution in [0.2, 0.25) is 0 Å². The van der Waals surface area contributed by atoms with Crippen molar-refractivity contribution in [1.29, 1.82) is 5.26 Å². The molecule has 0 bridgehead atoms. The van der Waals surface area contributed by atoms with Gasteiger partial charge in [0.05, 0.1) is 18.4 Å². The van der Waals surface area contributed by atoms with Crippen LogP contribution in [-0.4, -0.2) is 26.1 Å². The first-order valence-electron chi connectivity index (χ1n) is 7.85. The molecule has 0 aliphatic carbocycles. The molecule has 0 aliphatic heterocycles. The van der Waals surface area contributed by atoms with Gasteiger partial charge in [0.2, 0.25) is 5.91 Å². The highest BCUT2D eigenvalue weighted by molar-refractivity contribution is 5.92. The lowest BCUT2D eigenvalue weighted by molar-refractivity contribution is -0.116. The number of carbonyl (C=O) groups excluding carboxylic acids is 1. The van der Waals surface area contributed by atoms with Crippen molar-refractivity contribution in [1.82, 2.24) is 5.32 Å². The minimum atomic E-state index is -0.102. The molecule has 24 heavy (non-hydrogen) atoms. The Morgan fingerprint density at radius 3 is 2.58 bits per heavy atom. The molecular formula is C19H21N3O2. The van der Waals surface area contributed by atoms with Crippen LogP contribution in [0, 0.1) is 11.3 Å². The topological polar surface area (TPSA) is 74.2 Å². The second-order valence-electron chi connectivity index (χ2n) is 5.30. The van der Waals surface area contributed by atoms with Crippen LogP contribution < -0.4 is 15.4 Å². The normalized spacial score (nSPS) is 10.0. The van der Waals surface area contributed by atoms with Crippen molar-refractivity contribution in [2.24, 2.45) is 0 Å². The van der Waals surface area contributed by atoms with Crippen molar-refractivity contribution in [3.63, 3.8) is 0 Å². The van der Waals surface area contributed by atoms with Crippen LogP contribution in [0.25, 0.3) is 0 Å². The molecule has 0 radical (unpaired) electrons. The van der Waals surface area contributed by atoms with Crippen LogP contribution in [0.15, 0.2) is 48.5 Å². The lowest BCUT2D eigenvalue weighted by Crippen LogP contribution is -2.23. The van der Waals surface area contributed by atoms with Gasteiger partial charge >= 0.3 is 0 Å². The molecule has 0 heterocycles. The molecule has 5 heteroatoms. The van der Waals surface area contributed by atoms with Gasteiger partial charge < -0.3 is 15.4 Å². The highest BCUT2D eigenvalue weighted by atomic mass is 16.5. The Bertz CT molecular complexity index is 705. The van der Waals surface area contributed by atoms with Gasteiger partial charge in [-0.1, -0.05) is 24.3 Å². The van der Waals surface area contributed by atoms with Gasteiger partial charge in [-0.05, 0) is 42.8 Å². The first-order chi connectivity index (χ1) is 11.7. The maximum Gasteiger partial charge on any atom is 0.225 e. The quantitative estimate of drug-likeness (QED) is 0.733. The van der Waals surface area contributed by atoms with E-state index in [0.29, 0.717) is 24.2 Å². The number of para-hydroxylation sites is 1. The van der Waals surface area contributed by atoms with E-state index in [9.17, 15) is 4.79 Å². The van der Waals surface area contributed by atoms with Gasteiger partial charge in [-0.25, -0.2) is 0 Å². The van der Waals surface area contributed by atoms with Crippen LogP contribution in [-0.2, 0) is 11.2 Å². The average Bonchev–Trinajstić information content (AvgIpc) is 2.62. The van der Waals surface area contributed by atoms with Crippen molar-refractivity contribution in [2.45, 2.75) is 12.8 Å². The fourth-order valence-electron chi connectivity index (χ4n) is 2.25. The average molecular weight is 323 g/mol.